The largest absolute Gasteiger partial charge is 0.347 e. The molecule has 1 fully saturated rings. The van der Waals surface area contributed by atoms with Crippen LogP contribution < -0.4 is 0 Å². The van der Waals surface area contributed by atoms with Crippen molar-refractivity contribution in [2.45, 2.75) is 110 Å². The zero-order chi connectivity index (χ0) is 14.4. The molecule has 0 aromatic heterocycles. The van der Waals surface area contributed by atoms with Crippen LogP contribution in [0.15, 0.2) is 0 Å². The first kappa shape index (κ1) is 17.0. The number of hydrogen-bond donors (Lipinski definition) is 0. The lowest BCUT2D eigenvalue weighted by Crippen LogP contribution is -2.50. The smallest absolute Gasteiger partial charge is 0.163 e. The van der Waals surface area contributed by atoms with Gasteiger partial charge in [-0.2, -0.15) is 0 Å². The molecule has 19 heavy (non-hydrogen) atoms. The van der Waals surface area contributed by atoms with Gasteiger partial charge in [-0.3, -0.25) is 0 Å². The van der Waals surface area contributed by atoms with E-state index in [1.165, 1.54) is 44.9 Å². The van der Waals surface area contributed by atoms with Crippen molar-refractivity contribution >= 4 is 0 Å². The molecule has 1 aliphatic rings. The topological polar surface area (TPSA) is 18.5 Å². The summed E-state index contributed by atoms with van der Waals surface area (Å²) < 4.78 is 12.3. The van der Waals surface area contributed by atoms with Crippen molar-refractivity contribution in [3.05, 3.63) is 0 Å². The monoisotopic (exact) mass is 270 g/mol. The van der Waals surface area contributed by atoms with Gasteiger partial charge in [0.15, 0.2) is 5.79 Å². The van der Waals surface area contributed by atoms with Crippen LogP contribution in [-0.2, 0) is 9.47 Å². The summed E-state index contributed by atoms with van der Waals surface area (Å²) in [6.07, 6.45) is 11.5. The van der Waals surface area contributed by atoms with Crippen molar-refractivity contribution in [1.29, 1.82) is 0 Å². The Morgan fingerprint density at radius 2 is 1.63 bits per heavy atom. The number of ether oxygens (including phenoxy) is 2. The lowest BCUT2D eigenvalue weighted by molar-refractivity contribution is -0.331. The van der Waals surface area contributed by atoms with Crippen LogP contribution in [0.5, 0.6) is 0 Å². The molecule has 0 unspecified atom stereocenters. The van der Waals surface area contributed by atoms with Gasteiger partial charge in [0.2, 0.25) is 0 Å². The first-order valence-electron chi connectivity index (χ1n) is 8.29. The Morgan fingerprint density at radius 1 is 0.947 bits per heavy atom. The van der Waals surface area contributed by atoms with Gasteiger partial charge >= 0.3 is 0 Å². The highest BCUT2D eigenvalue weighted by molar-refractivity contribution is 4.86. The molecule has 0 bridgehead atoms. The molecule has 2 atom stereocenters. The highest BCUT2D eigenvalue weighted by Crippen LogP contribution is 2.38. The normalized spacial score (nSPS) is 30.5. The van der Waals surface area contributed by atoms with Crippen LogP contribution in [-0.4, -0.2) is 17.5 Å². The van der Waals surface area contributed by atoms with Crippen LogP contribution in [0.2, 0.25) is 0 Å². The highest BCUT2D eigenvalue weighted by atomic mass is 16.7. The fourth-order valence-corrected chi connectivity index (χ4v) is 3.25. The zero-order valence-corrected chi connectivity index (χ0v) is 13.8. The zero-order valence-electron chi connectivity index (χ0n) is 13.8. The Balaban J connectivity index is 2.48. The second kappa shape index (κ2) is 7.64. The summed E-state index contributed by atoms with van der Waals surface area (Å²) in [5, 5.41) is 0. The molecule has 2 nitrogen and oxygen atoms in total. The maximum atomic E-state index is 6.20. The molecular formula is C17H34O2. The van der Waals surface area contributed by atoms with E-state index < -0.39 is 5.79 Å². The summed E-state index contributed by atoms with van der Waals surface area (Å²) >= 11 is 0. The molecule has 1 aliphatic heterocycles. The van der Waals surface area contributed by atoms with Gasteiger partial charge < -0.3 is 9.47 Å². The highest BCUT2D eigenvalue weighted by Gasteiger charge is 2.42. The molecule has 0 aromatic carbocycles. The molecule has 0 spiro atoms. The third kappa shape index (κ3) is 6.27. The summed E-state index contributed by atoms with van der Waals surface area (Å²) in [5.41, 5.74) is 0.00713. The van der Waals surface area contributed by atoms with E-state index >= 15 is 0 Å². The maximum Gasteiger partial charge on any atom is 0.163 e. The van der Waals surface area contributed by atoms with Crippen molar-refractivity contribution in [3.63, 3.8) is 0 Å². The molecule has 0 amide bonds. The van der Waals surface area contributed by atoms with E-state index in [1.807, 2.05) is 0 Å². The molecule has 1 rings (SSSR count). The molecule has 1 saturated heterocycles. The van der Waals surface area contributed by atoms with E-state index in [0.717, 1.165) is 12.8 Å². The van der Waals surface area contributed by atoms with Crippen molar-refractivity contribution in [2.75, 3.05) is 0 Å². The first-order valence-corrected chi connectivity index (χ1v) is 8.29. The minimum absolute atomic E-state index is 0.00713. The molecular weight excluding hydrogens is 236 g/mol. The van der Waals surface area contributed by atoms with E-state index in [-0.39, 0.29) is 5.60 Å². The predicted molar refractivity (Wildman–Crippen MR) is 81.3 cm³/mol. The Bertz CT molecular complexity index is 250. The SMILES string of the molecule is CCCCCC[C@@H]1C[C@](C)(CCCC)OC(C)(C)O1. The number of hydrogen-bond acceptors (Lipinski definition) is 2. The van der Waals surface area contributed by atoms with Crippen molar-refractivity contribution in [2.24, 2.45) is 0 Å². The van der Waals surface area contributed by atoms with Crippen LogP contribution in [0.4, 0.5) is 0 Å². The fourth-order valence-electron chi connectivity index (χ4n) is 3.25. The predicted octanol–water partition coefficient (Wildman–Crippen LogP) is 5.45. The number of rotatable bonds is 8. The van der Waals surface area contributed by atoms with Crippen molar-refractivity contribution in [1.82, 2.24) is 0 Å². The Kier molecular flexibility index (Phi) is 6.82. The minimum atomic E-state index is -0.420. The molecule has 114 valence electrons. The van der Waals surface area contributed by atoms with Gasteiger partial charge in [-0.15, -0.1) is 0 Å². The molecule has 1 heterocycles. The summed E-state index contributed by atoms with van der Waals surface area (Å²) in [7, 11) is 0. The maximum absolute atomic E-state index is 6.20. The van der Waals surface area contributed by atoms with Gasteiger partial charge in [0, 0.05) is 6.42 Å². The van der Waals surface area contributed by atoms with Gasteiger partial charge in [0.1, 0.15) is 0 Å². The lowest BCUT2D eigenvalue weighted by Gasteiger charge is -2.47. The van der Waals surface area contributed by atoms with E-state index in [1.54, 1.807) is 0 Å². The van der Waals surface area contributed by atoms with E-state index in [9.17, 15) is 0 Å². The summed E-state index contributed by atoms with van der Waals surface area (Å²) in [5.74, 6) is -0.420. The lowest BCUT2D eigenvalue weighted by atomic mass is 9.88. The van der Waals surface area contributed by atoms with Gasteiger partial charge in [-0.25, -0.2) is 0 Å². The fraction of sp³-hybridized carbons (Fsp3) is 1.00. The second-order valence-electron chi connectivity index (χ2n) is 6.85. The molecule has 2 heteroatoms. The van der Waals surface area contributed by atoms with Crippen LogP contribution >= 0.6 is 0 Å². The average Bonchev–Trinajstić information content (AvgIpc) is 2.30. The van der Waals surface area contributed by atoms with Gasteiger partial charge in [-0.05, 0) is 33.6 Å². The Labute approximate surface area is 120 Å². The van der Waals surface area contributed by atoms with E-state index in [0.29, 0.717) is 6.10 Å². The number of unbranched alkanes of at least 4 members (excludes halogenated alkanes) is 4. The minimum Gasteiger partial charge on any atom is -0.347 e. The van der Waals surface area contributed by atoms with E-state index in [2.05, 4.69) is 34.6 Å². The molecule has 0 aliphatic carbocycles. The van der Waals surface area contributed by atoms with Gasteiger partial charge in [-0.1, -0.05) is 52.4 Å². The Morgan fingerprint density at radius 3 is 2.26 bits per heavy atom. The second-order valence-corrected chi connectivity index (χ2v) is 6.85. The van der Waals surface area contributed by atoms with Crippen molar-refractivity contribution in [3.8, 4) is 0 Å². The van der Waals surface area contributed by atoms with Gasteiger partial charge in [0.05, 0.1) is 11.7 Å². The van der Waals surface area contributed by atoms with Gasteiger partial charge in [0.25, 0.3) is 0 Å². The summed E-state index contributed by atoms with van der Waals surface area (Å²) in [6.45, 7) is 10.9. The van der Waals surface area contributed by atoms with Crippen LogP contribution in [0, 0.1) is 0 Å². The third-order valence-corrected chi connectivity index (χ3v) is 4.04. The first-order chi connectivity index (χ1) is 8.91. The average molecular weight is 270 g/mol. The summed E-state index contributed by atoms with van der Waals surface area (Å²) in [4.78, 5) is 0. The quantitative estimate of drug-likeness (QED) is 0.546. The standard InChI is InChI=1S/C17H34O2/c1-6-8-10-11-12-15-14-17(5,13-9-7-2)19-16(3,4)18-15/h15H,6-14H2,1-5H3/t15-,17+/m1/s1. The van der Waals surface area contributed by atoms with Crippen LogP contribution in [0.25, 0.3) is 0 Å². The molecule has 0 N–H and O–H groups in total. The van der Waals surface area contributed by atoms with Crippen LogP contribution in [0.1, 0.15) is 92.4 Å². The third-order valence-electron chi connectivity index (χ3n) is 4.04. The Hall–Kier alpha value is -0.0800. The van der Waals surface area contributed by atoms with E-state index in [4.69, 9.17) is 9.47 Å². The molecule has 0 saturated carbocycles. The van der Waals surface area contributed by atoms with Crippen LogP contribution in [0.3, 0.4) is 0 Å². The molecule has 0 aromatic rings. The molecule has 0 radical (unpaired) electrons. The summed E-state index contributed by atoms with van der Waals surface area (Å²) in [6, 6.07) is 0. The van der Waals surface area contributed by atoms with Crippen molar-refractivity contribution < 1.29 is 9.47 Å².